The lowest BCUT2D eigenvalue weighted by Crippen LogP contribution is -2.72. The summed E-state index contributed by atoms with van der Waals surface area (Å²) in [5.74, 6) is 1.24. The molecule has 2 heterocycles. The third-order valence-corrected chi connectivity index (χ3v) is 6.91. The Hall–Kier alpha value is -3.78. The minimum atomic E-state index is -1.08. The van der Waals surface area contributed by atoms with Gasteiger partial charge in [-0.3, -0.25) is 9.69 Å². The van der Waals surface area contributed by atoms with Crippen molar-refractivity contribution < 1.29 is 19.0 Å². The number of benzene rings is 3. The predicted molar refractivity (Wildman–Crippen MR) is 139 cm³/mol. The van der Waals surface area contributed by atoms with Gasteiger partial charge >= 0.3 is 0 Å². The van der Waals surface area contributed by atoms with E-state index in [4.69, 9.17) is 26.4 Å². The van der Waals surface area contributed by atoms with Gasteiger partial charge in [0.05, 0.1) is 20.3 Å². The number of thiocarbonyl (C=S) groups is 1. The van der Waals surface area contributed by atoms with Crippen LogP contribution in [0.5, 0.6) is 17.2 Å². The summed E-state index contributed by atoms with van der Waals surface area (Å²) in [6.45, 7) is 3.94. The number of rotatable bonds is 5. The lowest BCUT2D eigenvalue weighted by molar-refractivity contribution is -0.130. The fourth-order valence-corrected chi connectivity index (χ4v) is 5.35. The van der Waals surface area contributed by atoms with Crippen molar-refractivity contribution in [3.8, 4) is 17.2 Å². The summed E-state index contributed by atoms with van der Waals surface area (Å²) in [7, 11) is 3.22. The van der Waals surface area contributed by atoms with Crippen molar-refractivity contribution in [2.75, 3.05) is 24.4 Å². The number of hydrogen-bond acceptors (Lipinski definition) is 5. The second-order valence-corrected chi connectivity index (χ2v) is 9.24. The van der Waals surface area contributed by atoms with E-state index in [2.05, 4.69) is 10.6 Å². The average molecular weight is 490 g/mol. The smallest absolute Gasteiger partial charge is 0.236 e. The summed E-state index contributed by atoms with van der Waals surface area (Å²) in [5, 5.41) is 6.97. The van der Waals surface area contributed by atoms with Crippen LogP contribution in [-0.2, 0) is 4.79 Å². The number of ether oxygens (including phenoxy) is 3. The summed E-state index contributed by atoms with van der Waals surface area (Å²) in [6, 6.07) is 20.4. The topological polar surface area (TPSA) is 72.1 Å². The maximum absolute atomic E-state index is 13.9. The Balaban J connectivity index is 1.60. The van der Waals surface area contributed by atoms with Gasteiger partial charge in [-0.25, -0.2) is 0 Å². The second kappa shape index (κ2) is 8.78. The highest BCUT2D eigenvalue weighted by Gasteiger charge is 2.59. The molecule has 1 saturated heterocycles. The maximum Gasteiger partial charge on any atom is 0.236 e. The van der Waals surface area contributed by atoms with Gasteiger partial charge in [0.1, 0.15) is 23.2 Å². The van der Waals surface area contributed by atoms with E-state index in [0.29, 0.717) is 28.0 Å². The van der Waals surface area contributed by atoms with E-state index >= 15 is 0 Å². The summed E-state index contributed by atoms with van der Waals surface area (Å²) in [4.78, 5) is 15.8. The molecule has 0 unspecified atom stereocenters. The van der Waals surface area contributed by atoms with Crippen molar-refractivity contribution in [1.82, 2.24) is 5.32 Å². The Labute approximate surface area is 210 Å². The largest absolute Gasteiger partial charge is 0.497 e. The Morgan fingerprint density at radius 2 is 1.77 bits per heavy atom. The number of carbonyl (C=O) groups is 1. The molecule has 0 spiro atoms. The molecule has 1 amide bonds. The molecule has 0 radical (unpaired) electrons. The highest BCUT2D eigenvalue weighted by atomic mass is 32.1. The molecule has 0 aromatic heterocycles. The quantitative estimate of drug-likeness (QED) is 0.498. The number of nitrogens with one attached hydrogen (secondary N) is 2. The molecule has 2 N–H and O–H groups in total. The maximum atomic E-state index is 13.9. The van der Waals surface area contributed by atoms with Gasteiger partial charge in [-0.05, 0) is 86.2 Å². The normalized spacial score (nSPS) is 22.4. The highest BCUT2D eigenvalue weighted by molar-refractivity contribution is 7.80. The van der Waals surface area contributed by atoms with E-state index < -0.39 is 17.7 Å². The number of anilines is 2. The van der Waals surface area contributed by atoms with Crippen molar-refractivity contribution in [3.63, 3.8) is 0 Å². The van der Waals surface area contributed by atoms with Crippen LogP contribution < -0.4 is 29.7 Å². The van der Waals surface area contributed by atoms with Gasteiger partial charge in [0.25, 0.3) is 0 Å². The van der Waals surface area contributed by atoms with Gasteiger partial charge < -0.3 is 24.8 Å². The van der Waals surface area contributed by atoms with E-state index in [1.165, 1.54) is 0 Å². The van der Waals surface area contributed by atoms with Crippen LogP contribution in [0.1, 0.15) is 24.1 Å². The van der Waals surface area contributed by atoms with E-state index in [9.17, 15) is 4.79 Å². The van der Waals surface area contributed by atoms with Crippen molar-refractivity contribution >= 4 is 34.6 Å². The first-order valence-electron chi connectivity index (χ1n) is 11.3. The van der Waals surface area contributed by atoms with Crippen LogP contribution in [0.4, 0.5) is 11.4 Å². The zero-order valence-electron chi connectivity index (χ0n) is 20.0. The van der Waals surface area contributed by atoms with Gasteiger partial charge in [-0.2, -0.15) is 0 Å². The van der Waals surface area contributed by atoms with Gasteiger partial charge in [-0.15, -0.1) is 0 Å². The van der Waals surface area contributed by atoms with Crippen LogP contribution in [0, 0.1) is 12.8 Å². The minimum absolute atomic E-state index is 0.191. The molecular formula is C27H27N3O4S. The van der Waals surface area contributed by atoms with E-state index in [0.717, 1.165) is 16.8 Å². The Morgan fingerprint density at radius 3 is 2.46 bits per heavy atom. The number of carbonyl (C=O) groups excluding carboxylic acids is 1. The van der Waals surface area contributed by atoms with Crippen molar-refractivity contribution in [2.24, 2.45) is 5.92 Å². The molecule has 7 nitrogen and oxygen atoms in total. The number of nitrogens with zero attached hydrogens (tertiary/aromatic N) is 1. The van der Waals surface area contributed by atoms with Crippen LogP contribution in [0.25, 0.3) is 0 Å². The summed E-state index contributed by atoms with van der Waals surface area (Å²) < 4.78 is 17.3. The van der Waals surface area contributed by atoms with Gasteiger partial charge in [0.15, 0.2) is 10.8 Å². The monoisotopic (exact) mass is 489 g/mol. The number of fused-ring (bicyclic) bond motifs is 4. The van der Waals surface area contributed by atoms with E-state index in [-0.39, 0.29) is 5.91 Å². The molecule has 0 aliphatic carbocycles. The van der Waals surface area contributed by atoms with Crippen LogP contribution >= 0.6 is 12.2 Å². The summed E-state index contributed by atoms with van der Waals surface area (Å²) in [6.07, 6.45) is 0. The lowest BCUT2D eigenvalue weighted by atomic mass is 9.78. The third-order valence-electron chi connectivity index (χ3n) is 6.60. The van der Waals surface area contributed by atoms with Crippen molar-refractivity contribution in [1.29, 1.82) is 0 Å². The van der Waals surface area contributed by atoms with Gasteiger partial charge in [0, 0.05) is 16.9 Å². The van der Waals surface area contributed by atoms with Crippen molar-refractivity contribution in [3.05, 3.63) is 77.9 Å². The third kappa shape index (κ3) is 3.93. The molecule has 1 fully saturated rings. The molecular weight excluding hydrogens is 462 g/mol. The number of hydrogen-bond donors (Lipinski definition) is 2. The van der Waals surface area contributed by atoms with Crippen LogP contribution in [0.3, 0.4) is 0 Å². The highest BCUT2D eigenvalue weighted by Crippen LogP contribution is 2.50. The van der Waals surface area contributed by atoms with Crippen LogP contribution in [-0.4, -0.2) is 31.0 Å². The molecule has 3 atom stereocenters. The Kier molecular flexibility index (Phi) is 5.76. The zero-order chi connectivity index (χ0) is 24.7. The molecule has 5 rings (SSSR count). The number of amides is 1. The molecule has 2 aliphatic rings. The summed E-state index contributed by atoms with van der Waals surface area (Å²) in [5.41, 5.74) is 2.33. The molecule has 2 aliphatic heterocycles. The molecule has 2 bridgehead atoms. The molecule has 0 saturated carbocycles. The summed E-state index contributed by atoms with van der Waals surface area (Å²) >= 11 is 5.82. The number of aryl methyl sites for hydroxylation is 1. The predicted octanol–water partition coefficient (Wildman–Crippen LogP) is 4.81. The fraction of sp³-hybridized carbons (Fsp3) is 0.259. The first-order valence-corrected chi connectivity index (χ1v) is 11.7. The second-order valence-electron chi connectivity index (χ2n) is 8.86. The van der Waals surface area contributed by atoms with E-state index in [1.54, 1.807) is 14.2 Å². The first-order chi connectivity index (χ1) is 16.8. The van der Waals surface area contributed by atoms with Crippen molar-refractivity contribution in [2.45, 2.75) is 25.6 Å². The molecule has 3 aromatic carbocycles. The number of methoxy groups -OCH3 is 2. The first kappa shape index (κ1) is 23.0. The fourth-order valence-electron chi connectivity index (χ4n) is 4.94. The van der Waals surface area contributed by atoms with Crippen LogP contribution in [0.2, 0.25) is 0 Å². The standard InChI is InChI=1S/C27H27N3O4S/c1-16-6-5-7-18(14-16)30-26(35)29-24-21-15-20(33-4)12-13-22(21)34-27(30,2)23(24)25(31)28-17-8-10-19(32-3)11-9-17/h5-15,23-24H,1-4H3,(H,28,31)(H,29,35)/t23-,24-,27+/m1/s1. The van der Waals surface area contributed by atoms with Gasteiger partial charge in [-0.1, -0.05) is 12.1 Å². The van der Waals surface area contributed by atoms with Crippen LogP contribution in [0.15, 0.2) is 66.7 Å². The van der Waals surface area contributed by atoms with E-state index in [1.807, 2.05) is 85.5 Å². The Morgan fingerprint density at radius 1 is 1.06 bits per heavy atom. The molecule has 35 heavy (non-hydrogen) atoms. The SMILES string of the molecule is COc1ccc(NC(=O)[C@H]2[C@@H]3NC(=S)N(c4cccc(C)c4)[C@@]2(C)Oc2ccc(OC)cc23)cc1. The molecule has 8 heteroatoms. The van der Waals surface area contributed by atoms with Gasteiger partial charge in [0.2, 0.25) is 5.91 Å². The average Bonchev–Trinajstić information content (AvgIpc) is 2.83. The minimum Gasteiger partial charge on any atom is -0.497 e. The molecule has 180 valence electrons. The molecule has 3 aromatic rings. The Bertz CT molecular complexity index is 1300. The zero-order valence-corrected chi connectivity index (χ0v) is 20.8. The lowest BCUT2D eigenvalue weighted by Gasteiger charge is -2.56.